The molecule has 1 rings (SSSR count). The van der Waals surface area contributed by atoms with Crippen LogP contribution in [0.5, 0.6) is 0 Å². The van der Waals surface area contributed by atoms with E-state index in [2.05, 4.69) is 59.1 Å². The molecule has 0 aromatic heterocycles. The summed E-state index contributed by atoms with van der Waals surface area (Å²) in [6.07, 6.45) is 54.7. The Hall–Kier alpha value is -0.400. The third-order valence-electron chi connectivity index (χ3n) is 18.2. The summed E-state index contributed by atoms with van der Waals surface area (Å²) in [4.78, 5) is 12.5. The van der Waals surface area contributed by atoms with Crippen LogP contribution in [0.2, 0.25) is 0 Å². The molecule has 1 saturated heterocycles. The summed E-state index contributed by atoms with van der Waals surface area (Å²) in [5, 5.41) is 57.0. The Balaban J connectivity index is 2.95. The molecule has 1 aliphatic heterocycles. The number of rotatable bonds is 65. The lowest BCUT2D eigenvalue weighted by molar-refractivity contribution is 0.0419. The molecule has 0 saturated carbocycles. The highest BCUT2D eigenvalue weighted by atomic mass is 16.3. The van der Waals surface area contributed by atoms with Crippen LogP contribution in [-0.2, 0) is 0 Å². The number of hydrogen-bond donors (Lipinski definition) is 5. The first-order valence-corrected chi connectivity index (χ1v) is 36.7. The Labute approximate surface area is 506 Å². The maximum atomic E-state index is 11.6. The van der Waals surface area contributed by atoms with E-state index < -0.39 is 0 Å². The van der Waals surface area contributed by atoms with Gasteiger partial charge < -0.3 is 25.5 Å². The Morgan fingerprint density at radius 1 is 0.235 bits per heavy atom. The Morgan fingerprint density at radius 3 is 0.642 bits per heavy atom. The summed E-state index contributed by atoms with van der Waals surface area (Å²) in [6.45, 7) is 24.0. The smallest absolute Gasteiger partial charge is 0.0667 e. The van der Waals surface area contributed by atoms with Crippen molar-refractivity contribution in [2.24, 2.45) is 0 Å². The fraction of sp³-hybridized carbons (Fsp3) is 1.00. The number of unbranched alkanes of at least 4 members (excludes halogenated alkanes) is 36. The lowest BCUT2D eigenvalue weighted by Gasteiger charge is -2.37. The standard InChI is InChI=1S/C71H147N5O5/c1-6-11-16-21-26-31-36-41-42-47-67(77)62-74(59-61-76(65-70(80)50-45-39-34-29-24-19-14-9-4)66-71(81)51-46-40-35-30-25-20-15-10-5)58-56-72-52-54-73(55-53-72)57-60-75(63-68(78)48-43-37-32-27-22-17-12-7-2)64-69(79)49-44-38-33-28-23-18-13-8-3/h67-71,77-81H,6-66H2,1-5H3. The second-order valence-corrected chi connectivity index (χ2v) is 26.4. The van der Waals surface area contributed by atoms with Gasteiger partial charge in [0.2, 0.25) is 0 Å². The van der Waals surface area contributed by atoms with Crippen LogP contribution >= 0.6 is 0 Å². The van der Waals surface area contributed by atoms with E-state index in [1.54, 1.807) is 0 Å². The van der Waals surface area contributed by atoms with Crippen molar-refractivity contribution in [3.63, 3.8) is 0 Å². The molecule has 1 aliphatic rings. The molecule has 486 valence electrons. The fourth-order valence-electron chi connectivity index (χ4n) is 12.6. The van der Waals surface area contributed by atoms with Gasteiger partial charge in [-0.2, -0.15) is 0 Å². The molecule has 5 atom stereocenters. The Morgan fingerprint density at radius 2 is 0.407 bits per heavy atom. The zero-order valence-corrected chi connectivity index (χ0v) is 55.5. The molecule has 0 aliphatic carbocycles. The number of aliphatic hydroxyl groups excluding tert-OH is 5. The number of piperazine rings is 1. The van der Waals surface area contributed by atoms with Crippen molar-refractivity contribution < 1.29 is 25.5 Å². The summed E-state index contributed by atoms with van der Waals surface area (Å²) in [5.74, 6) is 0. The molecule has 0 radical (unpaired) electrons. The summed E-state index contributed by atoms with van der Waals surface area (Å²) in [5.41, 5.74) is 0. The van der Waals surface area contributed by atoms with Crippen LogP contribution in [0.25, 0.3) is 0 Å². The highest BCUT2D eigenvalue weighted by Crippen LogP contribution is 2.18. The Kier molecular flexibility index (Phi) is 58.1. The van der Waals surface area contributed by atoms with E-state index >= 15 is 0 Å². The van der Waals surface area contributed by atoms with Crippen molar-refractivity contribution in [2.75, 3.05) is 98.2 Å². The summed E-state index contributed by atoms with van der Waals surface area (Å²) in [7, 11) is 0. The minimum Gasteiger partial charge on any atom is -0.392 e. The predicted molar refractivity (Wildman–Crippen MR) is 353 cm³/mol. The van der Waals surface area contributed by atoms with E-state index in [-0.39, 0.29) is 30.5 Å². The SMILES string of the molecule is CCCCCCCCCCCC(O)CN(CCN1CCN(CCN(CC(O)CCCCCCCCCC)CC(O)CCCCCCCCCC)CC1)CCN(CC(O)CCCCCCCCCC)CC(O)CCCCCCCCCC. The third kappa shape index (κ3) is 52.4. The van der Waals surface area contributed by atoms with Gasteiger partial charge in [-0.3, -0.25) is 24.5 Å². The van der Waals surface area contributed by atoms with Gasteiger partial charge in [0.25, 0.3) is 0 Å². The first-order valence-electron chi connectivity index (χ1n) is 36.7. The van der Waals surface area contributed by atoms with Crippen molar-refractivity contribution in [1.82, 2.24) is 24.5 Å². The van der Waals surface area contributed by atoms with Gasteiger partial charge in [-0.1, -0.05) is 298 Å². The quantitative estimate of drug-likeness (QED) is 0.0377. The van der Waals surface area contributed by atoms with E-state index in [9.17, 15) is 25.5 Å². The second-order valence-electron chi connectivity index (χ2n) is 26.4. The van der Waals surface area contributed by atoms with E-state index in [1.165, 1.54) is 231 Å². The van der Waals surface area contributed by atoms with Crippen LogP contribution in [0.4, 0.5) is 0 Å². The molecule has 0 aromatic carbocycles. The molecule has 1 fully saturated rings. The van der Waals surface area contributed by atoms with Crippen molar-refractivity contribution in [3.05, 3.63) is 0 Å². The molecule has 0 aromatic rings. The van der Waals surface area contributed by atoms with Gasteiger partial charge >= 0.3 is 0 Å². The average Bonchev–Trinajstić information content (AvgIpc) is 3.46. The van der Waals surface area contributed by atoms with Gasteiger partial charge in [0.15, 0.2) is 0 Å². The molecule has 5 N–H and O–H groups in total. The van der Waals surface area contributed by atoms with Crippen molar-refractivity contribution >= 4 is 0 Å². The van der Waals surface area contributed by atoms with Crippen molar-refractivity contribution in [2.45, 2.75) is 360 Å². The van der Waals surface area contributed by atoms with E-state index in [0.717, 1.165) is 130 Å². The molecule has 0 spiro atoms. The van der Waals surface area contributed by atoms with Crippen LogP contribution in [0.3, 0.4) is 0 Å². The van der Waals surface area contributed by atoms with E-state index in [1.807, 2.05) is 0 Å². The van der Waals surface area contributed by atoms with Gasteiger partial charge in [0.05, 0.1) is 30.5 Å². The first-order chi connectivity index (χ1) is 39.6. The number of aliphatic hydroxyl groups is 5. The minimum absolute atomic E-state index is 0.342. The first kappa shape index (κ1) is 78.6. The summed E-state index contributed by atoms with van der Waals surface area (Å²) >= 11 is 0. The highest BCUT2D eigenvalue weighted by molar-refractivity contribution is 4.79. The van der Waals surface area contributed by atoms with Crippen LogP contribution in [0, 0.1) is 0 Å². The molecule has 0 amide bonds. The second kappa shape index (κ2) is 59.9. The molecular weight excluding hydrogens is 1000 g/mol. The summed E-state index contributed by atoms with van der Waals surface area (Å²) in [6, 6.07) is 0. The topological polar surface area (TPSA) is 117 Å². The molecular formula is C71H147N5O5. The van der Waals surface area contributed by atoms with E-state index in [0.29, 0.717) is 32.7 Å². The highest BCUT2D eigenvalue weighted by Gasteiger charge is 2.23. The lowest BCUT2D eigenvalue weighted by Crippen LogP contribution is -2.51. The van der Waals surface area contributed by atoms with Gasteiger partial charge in [-0.15, -0.1) is 0 Å². The van der Waals surface area contributed by atoms with Gasteiger partial charge in [0, 0.05) is 98.2 Å². The Bertz CT molecular complexity index is 1170. The normalized spacial score (nSPS) is 15.7. The number of nitrogens with zero attached hydrogens (tertiary/aromatic N) is 5. The maximum Gasteiger partial charge on any atom is 0.0667 e. The molecule has 81 heavy (non-hydrogen) atoms. The van der Waals surface area contributed by atoms with Crippen LogP contribution in [0.15, 0.2) is 0 Å². The molecule has 10 nitrogen and oxygen atoms in total. The zero-order valence-electron chi connectivity index (χ0n) is 55.5. The van der Waals surface area contributed by atoms with Crippen molar-refractivity contribution in [1.29, 1.82) is 0 Å². The fourth-order valence-corrected chi connectivity index (χ4v) is 12.6. The maximum absolute atomic E-state index is 11.6. The molecule has 1 heterocycles. The van der Waals surface area contributed by atoms with Crippen LogP contribution in [0.1, 0.15) is 330 Å². The third-order valence-corrected chi connectivity index (χ3v) is 18.2. The average molecular weight is 1150 g/mol. The van der Waals surface area contributed by atoms with Gasteiger partial charge in [-0.25, -0.2) is 0 Å². The van der Waals surface area contributed by atoms with E-state index in [4.69, 9.17) is 0 Å². The number of hydrogen-bond acceptors (Lipinski definition) is 10. The largest absolute Gasteiger partial charge is 0.392 e. The minimum atomic E-state index is -0.385. The van der Waals surface area contributed by atoms with Gasteiger partial charge in [-0.05, 0) is 32.1 Å². The monoisotopic (exact) mass is 1150 g/mol. The van der Waals surface area contributed by atoms with Gasteiger partial charge in [0.1, 0.15) is 0 Å². The lowest BCUT2D eigenvalue weighted by atomic mass is 10.0. The molecule has 5 unspecified atom stereocenters. The summed E-state index contributed by atoms with van der Waals surface area (Å²) < 4.78 is 0. The molecule has 0 bridgehead atoms. The van der Waals surface area contributed by atoms with Crippen LogP contribution in [-0.4, -0.2) is 179 Å². The molecule has 10 heteroatoms. The zero-order chi connectivity index (χ0) is 58.9. The predicted octanol–water partition coefficient (Wildman–Crippen LogP) is 16.4. The van der Waals surface area contributed by atoms with Crippen molar-refractivity contribution in [3.8, 4) is 0 Å². The van der Waals surface area contributed by atoms with Crippen LogP contribution < -0.4 is 0 Å².